The van der Waals surface area contributed by atoms with E-state index in [0.29, 0.717) is 30.8 Å². The second-order valence-electron chi connectivity index (χ2n) is 10.3. The Labute approximate surface area is 158 Å². The maximum Gasteiger partial charge on any atom is 0.0757 e. The van der Waals surface area contributed by atoms with Crippen LogP contribution in [-0.4, -0.2) is 46.3 Å². The van der Waals surface area contributed by atoms with Gasteiger partial charge in [-0.3, -0.25) is 0 Å². The summed E-state index contributed by atoms with van der Waals surface area (Å²) in [5.41, 5.74) is -0.472. The standard InChI is InChI=1S/C22H38O4/c1-20-9-6-16(24)14-15(20)4-5-18-17(20)7-10-21(2)19(26-13-3-12-23)8-11-22(18,21)25/h15-19,23-25H,3-14H2,1-2H3/t15?,16?,17-,18-,19?,20+,21-,22-/m1/s1. The van der Waals surface area contributed by atoms with Gasteiger partial charge in [0.2, 0.25) is 0 Å². The first kappa shape index (κ1) is 19.2. The van der Waals surface area contributed by atoms with Crippen molar-refractivity contribution in [2.75, 3.05) is 13.2 Å². The lowest BCUT2D eigenvalue weighted by Gasteiger charge is -2.63. The predicted octanol–water partition coefficient (Wildman–Crippen LogP) is 3.27. The number of aliphatic hydroxyl groups excluding tert-OH is 2. The van der Waals surface area contributed by atoms with Crippen LogP contribution < -0.4 is 0 Å². The number of ether oxygens (including phenoxy) is 1. The van der Waals surface area contributed by atoms with Gasteiger partial charge < -0.3 is 20.1 Å². The van der Waals surface area contributed by atoms with E-state index in [2.05, 4.69) is 13.8 Å². The zero-order valence-corrected chi connectivity index (χ0v) is 16.6. The molecule has 4 fully saturated rings. The highest BCUT2D eigenvalue weighted by atomic mass is 16.5. The summed E-state index contributed by atoms with van der Waals surface area (Å²) in [6.07, 6.45) is 9.99. The minimum atomic E-state index is -0.607. The van der Waals surface area contributed by atoms with Gasteiger partial charge in [-0.2, -0.15) is 0 Å². The highest BCUT2D eigenvalue weighted by molar-refractivity contribution is 5.17. The molecular formula is C22H38O4. The van der Waals surface area contributed by atoms with Gasteiger partial charge in [-0.25, -0.2) is 0 Å². The third-order valence-electron chi connectivity index (χ3n) is 9.36. The average Bonchev–Trinajstić information content (AvgIpc) is 2.88. The molecule has 4 aliphatic rings. The molecule has 0 aromatic carbocycles. The van der Waals surface area contributed by atoms with E-state index in [4.69, 9.17) is 9.84 Å². The van der Waals surface area contributed by atoms with Gasteiger partial charge in [-0.05, 0) is 87.4 Å². The Hall–Kier alpha value is -0.160. The quantitative estimate of drug-likeness (QED) is 0.668. The average molecular weight is 367 g/mol. The molecule has 0 bridgehead atoms. The monoisotopic (exact) mass is 366 g/mol. The van der Waals surface area contributed by atoms with Crippen LogP contribution in [0.2, 0.25) is 0 Å². The van der Waals surface area contributed by atoms with Crippen molar-refractivity contribution in [2.24, 2.45) is 28.6 Å². The molecule has 4 rings (SSSR count). The first-order chi connectivity index (χ1) is 12.3. The van der Waals surface area contributed by atoms with Crippen molar-refractivity contribution in [1.29, 1.82) is 0 Å². The minimum absolute atomic E-state index is 0.114. The van der Waals surface area contributed by atoms with Gasteiger partial charge in [0.05, 0.1) is 17.8 Å². The van der Waals surface area contributed by atoms with Gasteiger partial charge in [0.1, 0.15) is 0 Å². The molecule has 3 N–H and O–H groups in total. The summed E-state index contributed by atoms with van der Waals surface area (Å²) in [6, 6.07) is 0. The molecule has 4 heteroatoms. The summed E-state index contributed by atoms with van der Waals surface area (Å²) >= 11 is 0. The first-order valence-corrected chi connectivity index (χ1v) is 11.0. The molecule has 8 atom stereocenters. The van der Waals surface area contributed by atoms with Crippen molar-refractivity contribution >= 4 is 0 Å². The van der Waals surface area contributed by atoms with Gasteiger partial charge in [-0.15, -0.1) is 0 Å². The number of hydrogen-bond donors (Lipinski definition) is 3. The Morgan fingerprint density at radius 3 is 2.54 bits per heavy atom. The summed E-state index contributed by atoms with van der Waals surface area (Å²) in [5.74, 6) is 1.59. The fourth-order valence-electron chi connectivity index (χ4n) is 7.71. The highest BCUT2D eigenvalue weighted by Gasteiger charge is 2.67. The molecule has 0 saturated heterocycles. The zero-order chi connectivity index (χ0) is 18.6. The normalized spacial score (nSPS) is 53.7. The fraction of sp³-hybridized carbons (Fsp3) is 1.00. The van der Waals surface area contributed by atoms with E-state index in [-0.39, 0.29) is 29.6 Å². The van der Waals surface area contributed by atoms with E-state index in [1.165, 1.54) is 6.42 Å². The maximum absolute atomic E-state index is 12.0. The second kappa shape index (κ2) is 6.72. The Morgan fingerprint density at radius 1 is 0.962 bits per heavy atom. The molecule has 150 valence electrons. The molecule has 0 radical (unpaired) electrons. The van der Waals surface area contributed by atoms with Crippen LogP contribution in [0.3, 0.4) is 0 Å². The van der Waals surface area contributed by atoms with Crippen molar-refractivity contribution in [3.63, 3.8) is 0 Å². The smallest absolute Gasteiger partial charge is 0.0757 e. The lowest BCUT2D eigenvalue weighted by molar-refractivity contribution is -0.221. The molecule has 0 aromatic rings. The van der Waals surface area contributed by atoms with Crippen LogP contribution in [-0.2, 0) is 4.74 Å². The van der Waals surface area contributed by atoms with Gasteiger partial charge in [0.15, 0.2) is 0 Å². The SMILES string of the molecule is C[C@]12CCC(O)CC1CC[C@@H]1[C@H]2CC[C@]2(C)C(OCCCO)CC[C@@]12O. The third kappa shape index (κ3) is 2.62. The Bertz CT molecular complexity index is 524. The van der Waals surface area contributed by atoms with Crippen LogP contribution in [0.4, 0.5) is 0 Å². The number of hydrogen-bond acceptors (Lipinski definition) is 4. The zero-order valence-electron chi connectivity index (χ0n) is 16.6. The third-order valence-corrected chi connectivity index (χ3v) is 9.36. The molecule has 0 heterocycles. The molecule has 0 spiro atoms. The van der Waals surface area contributed by atoms with Crippen LogP contribution in [0.5, 0.6) is 0 Å². The van der Waals surface area contributed by atoms with Crippen LogP contribution >= 0.6 is 0 Å². The summed E-state index contributed by atoms with van der Waals surface area (Å²) < 4.78 is 6.15. The van der Waals surface area contributed by atoms with Crippen molar-refractivity contribution in [3.05, 3.63) is 0 Å². The lowest BCUT2D eigenvalue weighted by Crippen LogP contribution is -2.63. The largest absolute Gasteiger partial charge is 0.396 e. The van der Waals surface area contributed by atoms with Gasteiger partial charge in [0.25, 0.3) is 0 Å². The second-order valence-corrected chi connectivity index (χ2v) is 10.3. The molecule has 0 aliphatic heterocycles. The number of fused-ring (bicyclic) bond motifs is 5. The Kier molecular flexibility index (Phi) is 4.95. The van der Waals surface area contributed by atoms with Crippen molar-refractivity contribution in [2.45, 2.75) is 95.9 Å². The van der Waals surface area contributed by atoms with Gasteiger partial charge >= 0.3 is 0 Å². The number of aliphatic hydroxyl groups is 3. The van der Waals surface area contributed by atoms with E-state index in [1.54, 1.807) is 0 Å². The summed E-state index contributed by atoms with van der Waals surface area (Å²) in [6.45, 7) is 5.48. The van der Waals surface area contributed by atoms with E-state index in [0.717, 1.165) is 51.4 Å². The minimum Gasteiger partial charge on any atom is -0.396 e. The van der Waals surface area contributed by atoms with Crippen molar-refractivity contribution < 1.29 is 20.1 Å². The van der Waals surface area contributed by atoms with E-state index < -0.39 is 5.60 Å². The highest BCUT2D eigenvalue weighted by Crippen LogP contribution is 2.68. The van der Waals surface area contributed by atoms with Gasteiger partial charge in [0, 0.05) is 18.6 Å². The molecule has 4 saturated carbocycles. The van der Waals surface area contributed by atoms with Crippen molar-refractivity contribution in [3.8, 4) is 0 Å². The number of rotatable bonds is 4. The summed E-state index contributed by atoms with van der Waals surface area (Å²) in [4.78, 5) is 0. The Balaban J connectivity index is 1.56. The molecule has 0 amide bonds. The van der Waals surface area contributed by atoms with Crippen LogP contribution in [0, 0.1) is 28.6 Å². The lowest BCUT2D eigenvalue weighted by atomic mass is 9.44. The molecule has 4 aliphatic carbocycles. The van der Waals surface area contributed by atoms with Crippen LogP contribution in [0.15, 0.2) is 0 Å². The van der Waals surface area contributed by atoms with Crippen molar-refractivity contribution in [1.82, 2.24) is 0 Å². The maximum atomic E-state index is 12.0. The van der Waals surface area contributed by atoms with E-state index >= 15 is 0 Å². The molecular weight excluding hydrogens is 328 g/mol. The summed E-state index contributed by atoms with van der Waals surface area (Å²) in [5, 5.41) is 31.2. The summed E-state index contributed by atoms with van der Waals surface area (Å²) in [7, 11) is 0. The van der Waals surface area contributed by atoms with E-state index in [9.17, 15) is 10.2 Å². The topological polar surface area (TPSA) is 69.9 Å². The predicted molar refractivity (Wildman–Crippen MR) is 101 cm³/mol. The van der Waals surface area contributed by atoms with Crippen LogP contribution in [0.1, 0.15) is 78.1 Å². The van der Waals surface area contributed by atoms with Crippen LogP contribution in [0.25, 0.3) is 0 Å². The molecule has 26 heavy (non-hydrogen) atoms. The first-order valence-electron chi connectivity index (χ1n) is 11.0. The molecule has 4 nitrogen and oxygen atoms in total. The fourth-order valence-corrected chi connectivity index (χ4v) is 7.71. The van der Waals surface area contributed by atoms with E-state index in [1.807, 2.05) is 0 Å². The van der Waals surface area contributed by atoms with Gasteiger partial charge in [-0.1, -0.05) is 13.8 Å². The molecule has 0 aromatic heterocycles. The molecule has 3 unspecified atom stereocenters. The Morgan fingerprint density at radius 2 is 1.77 bits per heavy atom.